The standard InChI is InChI=1S/C17H22N2O2/c1-3-11-20-16-7-9-17(10-8-16)21-13-15-6-4-5-14(19-15)12-18-2/h4-10,18H,3,11-13H2,1-2H3. The summed E-state index contributed by atoms with van der Waals surface area (Å²) in [5.74, 6) is 1.69. The van der Waals surface area contributed by atoms with E-state index in [1.807, 2.05) is 49.5 Å². The van der Waals surface area contributed by atoms with Crippen molar-refractivity contribution in [3.63, 3.8) is 0 Å². The summed E-state index contributed by atoms with van der Waals surface area (Å²) in [5.41, 5.74) is 1.94. The molecule has 0 aliphatic rings. The number of aromatic nitrogens is 1. The second kappa shape index (κ2) is 8.27. The van der Waals surface area contributed by atoms with Crippen LogP contribution >= 0.6 is 0 Å². The van der Waals surface area contributed by atoms with Gasteiger partial charge in [-0.25, -0.2) is 0 Å². The molecule has 0 unspecified atom stereocenters. The summed E-state index contributed by atoms with van der Waals surface area (Å²) in [6, 6.07) is 13.7. The Labute approximate surface area is 126 Å². The Morgan fingerprint density at radius 1 is 0.952 bits per heavy atom. The molecule has 0 aliphatic carbocycles. The molecule has 0 fully saturated rings. The molecule has 112 valence electrons. The normalized spacial score (nSPS) is 10.4. The van der Waals surface area contributed by atoms with Crippen molar-refractivity contribution in [1.82, 2.24) is 10.3 Å². The van der Waals surface area contributed by atoms with Crippen molar-refractivity contribution in [1.29, 1.82) is 0 Å². The molecule has 0 saturated carbocycles. The molecule has 4 nitrogen and oxygen atoms in total. The minimum atomic E-state index is 0.465. The lowest BCUT2D eigenvalue weighted by Crippen LogP contribution is -2.08. The number of ether oxygens (including phenoxy) is 2. The highest BCUT2D eigenvalue weighted by molar-refractivity contribution is 5.31. The average molecular weight is 286 g/mol. The van der Waals surface area contributed by atoms with Crippen LogP contribution in [0.4, 0.5) is 0 Å². The first-order valence-corrected chi connectivity index (χ1v) is 7.27. The van der Waals surface area contributed by atoms with E-state index in [2.05, 4.69) is 17.2 Å². The molecule has 1 N–H and O–H groups in total. The maximum atomic E-state index is 5.75. The van der Waals surface area contributed by atoms with Crippen LogP contribution in [0.2, 0.25) is 0 Å². The summed E-state index contributed by atoms with van der Waals surface area (Å²) in [5, 5.41) is 3.09. The van der Waals surface area contributed by atoms with E-state index in [0.717, 1.165) is 42.5 Å². The number of pyridine rings is 1. The van der Waals surface area contributed by atoms with E-state index in [1.54, 1.807) is 0 Å². The van der Waals surface area contributed by atoms with Crippen LogP contribution in [0, 0.1) is 0 Å². The van der Waals surface area contributed by atoms with Crippen molar-refractivity contribution in [2.24, 2.45) is 0 Å². The van der Waals surface area contributed by atoms with Crippen LogP contribution in [0.3, 0.4) is 0 Å². The average Bonchev–Trinajstić information content (AvgIpc) is 2.53. The molecule has 0 spiro atoms. The molecule has 0 aliphatic heterocycles. The second-order valence-electron chi connectivity index (χ2n) is 4.76. The monoisotopic (exact) mass is 286 g/mol. The Kier molecular flexibility index (Phi) is 6.03. The van der Waals surface area contributed by atoms with Gasteiger partial charge in [0.15, 0.2) is 0 Å². The molecular formula is C17H22N2O2. The van der Waals surface area contributed by atoms with Crippen LogP contribution < -0.4 is 14.8 Å². The van der Waals surface area contributed by atoms with Crippen LogP contribution in [-0.4, -0.2) is 18.6 Å². The molecule has 4 heteroatoms. The Bertz CT molecular complexity index is 541. The third kappa shape index (κ3) is 5.08. The van der Waals surface area contributed by atoms with Gasteiger partial charge in [0.2, 0.25) is 0 Å². The van der Waals surface area contributed by atoms with Gasteiger partial charge in [-0.05, 0) is 49.9 Å². The SMILES string of the molecule is CCCOc1ccc(OCc2cccc(CNC)n2)cc1. The van der Waals surface area contributed by atoms with Crippen molar-refractivity contribution in [2.75, 3.05) is 13.7 Å². The van der Waals surface area contributed by atoms with Gasteiger partial charge in [-0.1, -0.05) is 13.0 Å². The Morgan fingerprint density at radius 3 is 2.29 bits per heavy atom. The fourth-order valence-corrected chi connectivity index (χ4v) is 1.90. The van der Waals surface area contributed by atoms with Crippen molar-refractivity contribution in [2.45, 2.75) is 26.5 Å². The van der Waals surface area contributed by atoms with Gasteiger partial charge in [-0.15, -0.1) is 0 Å². The number of nitrogens with one attached hydrogen (secondary N) is 1. The van der Waals surface area contributed by atoms with E-state index in [1.165, 1.54) is 0 Å². The quantitative estimate of drug-likeness (QED) is 0.809. The van der Waals surface area contributed by atoms with E-state index in [-0.39, 0.29) is 0 Å². The van der Waals surface area contributed by atoms with E-state index >= 15 is 0 Å². The van der Waals surface area contributed by atoms with Gasteiger partial charge in [-0.3, -0.25) is 4.98 Å². The molecule has 1 aromatic heterocycles. The minimum absolute atomic E-state index is 0.465. The highest BCUT2D eigenvalue weighted by Gasteiger charge is 2.00. The van der Waals surface area contributed by atoms with Crippen LogP contribution in [-0.2, 0) is 13.2 Å². The predicted octanol–water partition coefficient (Wildman–Crippen LogP) is 3.17. The molecule has 0 saturated heterocycles. The van der Waals surface area contributed by atoms with E-state index < -0.39 is 0 Å². The van der Waals surface area contributed by atoms with Crippen LogP contribution in [0.5, 0.6) is 11.5 Å². The van der Waals surface area contributed by atoms with Crippen molar-refractivity contribution in [3.8, 4) is 11.5 Å². The molecule has 0 amide bonds. The number of hydrogen-bond acceptors (Lipinski definition) is 4. The topological polar surface area (TPSA) is 43.4 Å². The van der Waals surface area contributed by atoms with Gasteiger partial charge in [-0.2, -0.15) is 0 Å². The zero-order valence-electron chi connectivity index (χ0n) is 12.6. The summed E-state index contributed by atoms with van der Waals surface area (Å²) >= 11 is 0. The molecule has 0 radical (unpaired) electrons. The smallest absolute Gasteiger partial charge is 0.130 e. The third-order valence-electron chi connectivity index (χ3n) is 2.91. The van der Waals surface area contributed by atoms with Gasteiger partial charge >= 0.3 is 0 Å². The number of nitrogens with zero attached hydrogens (tertiary/aromatic N) is 1. The fraction of sp³-hybridized carbons (Fsp3) is 0.353. The van der Waals surface area contributed by atoms with Gasteiger partial charge in [0.05, 0.1) is 18.0 Å². The van der Waals surface area contributed by atoms with Gasteiger partial charge in [0.1, 0.15) is 18.1 Å². The molecular weight excluding hydrogens is 264 g/mol. The summed E-state index contributed by atoms with van der Waals surface area (Å²) < 4.78 is 11.3. The van der Waals surface area contributed by atoms with Gasteiger partial charge < -0.3 is 14.8 Å². The zero-order valence-corrected chi connectivity index (χ0v) is 12.6. The van der Waals surface area contributed by atoms with Crippen molar-refractivity contribution < 1.29 is 9.47 Å². The van der Waals surface area contributed by atoms with Crippen LogP contribution in [0.1, 0.15) is 24.7 Å². The second-order valence-corrected chi connectivity index (χ2v) is 4.76. The molecule has 0 bridgehead atoms. The highest BCUT2D eigenvalue weighted by atomic mass is 16.5. The maximum Gasteiger partial charge on any atom is 0.130 e. The number of rotatable bonds is 8. The molecule has 21 heavy (non-hydrogen) atoms. The summed E-state index contributed by atoms with van der Waals surface area (Å²) in [4.78, 5) is 4.52. The molecule has 1 heterocycles. The number of benzene rings is 1. The Balaban J connectivity index is 1.88. The van der Waals surface area contributed by atoms with Crippen LogP contribution in [0.15, 0.2) is 42.5 Å². The summed E-state index contributed by atoms with van der Waals surface area (Å²) in [6.45, 7) is 4.05. The first-order valence-electron chi connectivity index (χ1n) is 7.27. The lowest BCUT2D eigenvalue weighted by molar-refractivity contribution is 0.297. The maximum absolute atomic E-state index is 5.75. The Hall–Kier alpha value is -2.07. The molecule has 1 aromatic carbocycles. The van der Waals surface area contributed by atoms with Crippen molar-refractivity contribution in [3.05, 3.63) is 53.9 Å². The first-order chi connectivity index (χ1) is 10.3. The predicted molar refractivity (Wildman–Crippen MR) is 83.6 cm³/mol. The largest absolute Gasteiger partial charge is 0.494 e. The molecule has 0 atom stereocenters. The molecule has 2 aromatic rings. The van der Waals surface area contributed by atoms with Gasteiger partial charge in [0, 0.05) is 6.54 Å². The lowest BCUT2D eigenvalue weighted by atomic mass is 10.3. The third-order valence-corrected chi connectivity index (χ3v) is 2.91. The highest BCUT2D eigenvalue weighted by Crippen LogP contribution is 2.18. The fourth-order valence-electron chi connectivity index (χ4n) is 1.90. The van der Waals surface area contributed by atoms with E-state index in [9.17, 15) is 0 Å². The minimum Gasteiger partial charge on any atom is -0.494 e. The van der Waals surface area contributed by atoms with Crippen molar-refractivity contribution >= 4 is 0 Å². The lowest BCUT2D eigenvalue weighted by Gasteiger charge is -2.08. The first kappa shape index (κ1) is 15.3. The van der Waals surface area contributed by atoms with E-state index in [4.69, 9.17) is 9.47 Å². The number of hydrogen-bond donors (Lipinski definition) is 1. The Morgan fingerprint density at radius 2 is 1.62 bits per heavy atom. The van der Waals surface area contributed by atoms with E-state index in [0.29, 0.717) is 6.61 Å². The summed E-state index contributed by atoms with van der Waals surface area (Å²) in [6.07, 6.45) is 1.01. The van der Waals surface area contributed by atoms with Crippen LogP contribution in [0.25, 0.3) is 0 Å². The van der Waals surface area contributed by atoms with Gasteiger partial charge in [0.25, 0.3) is 0 Å². The molecule has 2 rings (SSSR count). The zero-order chi connectivity index (χ0) is 14.9. The summed E-state index contributed by atoms with van der Waals surface area (Å²) in [7, 11) is 1.91.